The van der Waals surface area contributed by atoms with Crippen molar-refractivity contribution in [3.05, 3.63) is 19.3 Å². The number of rotatable bonds is 9. The van der Waals surface area contributed by atoms with E-state index < -0.39 is 87.0 Å². The van der Waals surface area contributed by atoms with Gasteiger partial charge in [0.2, 0.25) is 0 Å². The Labute approximate surface area is 258 Å². The molecular formula is C21H35O13W3-3. The van der Waals surface area contributed by atoms with Crippen LogP contribution in [0.3, 0.4) is 0 Å². The monoisotopic (exact) mass is 1050 g/mol. The first-order valence-corrected chi connectivity index (χ1v) is 11.2. The van der Waals surface area contributed by atoms with Gasteiger partial charge in [-0.25, -0.2) is 19.3 Å². The molecule has 3 aliphatic heterocycles. The van der Waals surface area contributed by atoms with Gasteiger partial charge in [-0.3, -0.25) is 0 Å². The molecule has 7 N–H and O–H groups in total. The predicted octanol–water partition coefficient (Wildman–Crippen LogP) is -3.62. The minimum absolute atomic E-state index is 0. The molecule has 3 rings (SSSR count). The van der Waals surface area contributed by atoms with Crippen molar-refractivity contribution >= 4 is 0 Å². The van der Waals surface area contributed by atoms with E-state index in [4.69, 9.17) is 28.4 Å². The van der Waals surface area contributed by atoms with Crippen molar-refractivity contribution in [3.63, 3.8) is 0 Å². The summed E-state index contributed by atoms with van der Waals surface area (Å²) in [5.74, 6) is 0. The maximum Gasteiger partial charge on any atom is 0.106 e. The summed E-state index contributed by atoms with van der Waals surface area (Å²) in [6, 6.07) is 0. The second kappa shape index (κ2) is 18.2. The Morgan fingerprint density at radius 3 is 1.68 bits per heavy atom. The molecule has 0 radical (unpaired) electrons. The van der Waals surface area contributed by atoms with Gasteiger partial charge in [-0.1, -0.05) is 0 Å². The van der Waals surface area contributed by atoms with E-state index in [1.165, 1.54) is 19.3 Å². The first-order chi connectivity index (χ1) is 16.1. The molecule has 3 heterocycles. The molecular weight excluding hydrogens is 1010 g/mol. The van der Waals surface area contributed by atoms with Crippen LogP contribution in [0.25, 0.3) is 0 Å². The quantitative estimate of drug-likeness (QED) is 0.112. The zero-order valence-corrected chi connectivity index (χ0v) is 29.0. The molecule has 0 aliphatic carbocycles. The van der Waals surface area contributed by atoms with E-state index in [-0.39, 0.29) is 75.9 Å². The van der Waals surface area contributed by atoms with Crippen LogP contribution in [-0.2, 0) is 91.6 Å². The topological polar surface area (TPSA) is 197 Å². The average molecular weight is 1050 g/mol. The zero-order chi connectivity index (χ0) is 25.0. The molecule has 3 aliphatic rings. The molecule has 0 saturated carbocycles. The van der Waals surface area contributed by atoms with Gasteiger partial charge < -0.3 is 64.2 Å². The second-order valence-electron chi connectivity index (χ2n) is 8.64. The smallest absolute Gasteiger partial charge is 0.106 e. The van der Waals surface area contributed by atoms with E-state index >= 15 is 0 Å². The van der Waals surface area contributed by atoms with E-state index in [0.717, 1.165) is 0 Å². The van der Waals surface area contributed by atoms with E-state index in [0.29, 0.717) is 0 Å². The molecule has 3 saturated heterocycles. The van der Waals surface area contributed by atoms with E-state index in [1.54, 1.807) is 13.8 Å². The van der Waals surface area contributed by atoms with Crippen molar-refractivity contribution in [2.24, 2.45) is 0 Å². The standard InChI is InChI=1S/C21H35O13.3W/c1-9(2)30-18-5-12(31-17-4-11(25)20(27)14(7-23)33-17)21(28)15(34-18)8-29-16-3-10(24)19(26)13(6-22)32-16;;;/h3-5,9-28H,6-8H2,1-2H3;;;/q-3;;;. The first kappa shape index (κ1) is 38.5. The molecule has 37 heavy (non-hydrogen) atoms. The fourth-order valence-corrected chi connectivity index (χ4v) is 3.79. The summed E-state index contributed by atoms with van der Waals surface area (Å²) in [6.45, 7) is 2.27. The van der Waals surface area contributed by atoms with Crippen molar-refractivity contribution in [1.29, 1.82) is 0 Å². The summed E-state index contributed by atoms with van der Waals surface area (Å²) in [4.78, 5) is 0. The summed E-state index contributed by atoms with van der Waals surface area (Å²) < 4.78 is 33.6. The fraction of sp³-hybridized carbons (Fsp3) is 0.857. The molecule has 13 nitrogen and oxygen atoms in total. The third-order valence-corrected chi connectivity index (χ3v) is 5.64. The van der Waals surface area contributed by atoms with Gasteiger partial charge in [0.05, 0.1) is 44.2 Å². The third kappa shape index (κ3) is 10.7. The largest absolute Gasteiger partial charge is 0.422 e. The Morgan fingerprint density at radius 1 is 0.676 bits per heavy atom. The van der Waals surface area contributed by atoms with Crippen LogP contribution < -0.4 is 0 Å². The van der Waals surface area contributed by atoms with E-state index in [1.807, 2.05) is 0 Å². The van der Waals surface area contributed by atoms with Gasteiger partial charge in [0.1, 0.15) is 18.3 Å². The third-order valence-electron chi connectivity index (χ3n) is 5.64. The molecule has 0 aromatic rings. The minimum Gasteiger partial charge on any atom is -0.422 e. The molecule has 12 unspecified atom stereocenters. The Balaban J connectivity index is 0.00000432. The zero-order valence-electron chi connectivity index (χ0n) is 20.2. The molecule has 0 amide bonds. The predicted molar refractivity (Wildman–Crippen MR) is 110 cm³/mol. The second-order valence-corrected chi connectivity index (χ2v) is 8.64. The summed E-state index contributed by atoms with van der Waals surface area (Å²) >= 11 is 0. The number of aliphatic hydroxyl groups excluding tert-OH is 7. The molecule has 0 aromatic carbocycles. The fourth-order valence-electron chi connectivity index (χ4n) is 3.79. The van der Waals surface area contributed by atoms with E-state index in [2.05, 4.69) is 0 Å². The molecule has 0 aromatic heterocycles. The van der Waals surface area contributed by atoms with Gasteiger partial charge in [0, 0.05) is 82.1 Å². The first-order valence-electron chi connectivity index (χ1n) is 11.2. The van der Waals surface area contributed by atoms with Crippen molar-refractivity contribution in [1.82, 2.24) is 0 Å². The SMILES string of the molecule is CC(C)OC1[CH-]C(OC2[CH-]C(O)C(O)C(CO)O2)C(O)C(COC2[CH-]C(O)C(O)C(CO)O2)O1.[W].[W].[W]. The van der Waals surface area contributed by atoms with Crippen molar-refractivity contribution in [2.75, 3.05) is 19.8 Å². The molecule has 12 atom stereocenters. The van der Waals surface area contributed by atoms with Gasteiger partial charge >= 0.3 is 0 Å². The maximum atomic E-state index is 10.8. The van der Waals surface area contributed by atoms with Gasteiger partial charge in [0.15, 0.2) is 0 Å². The van der Waals surface area contributed by atoms with Gasteiger partial charge in [-0.2, -0.15) is 0 Å². The summed E-state index contributed by atoms with van der Waals surface area (Å²) in [6.07, 6.45) is -10.1. The van der Waals surface area contributed by atoms with Gasteiger partial charge in [-0.15, -0.1) is 0 Å². The average Bonchev–Trinajstić information content (AvgIpc) is 2.78. The van der Waals surface area contributed by atoms with Crippen LogP contribution in [0.4, 0.5) is 0 Å². The normalized spacial score (nSPS) is 42.3. The van der Waals surface area contributed by atoms with Crippen LogP contribution in [0.5, 0.6) is 0 Å². The summed E-state index contributed by atoms with van der Waals surface area (Å²) in [5, 5.41) is 69.1. The van der Waals surface area contributed by atoms with Crippen LogP contribution in [-0.4, -0.2) is 135 Å². The number of hydrogen-bond acceptors (Lipinski definition) is 13. The van der Waals surface area contributed by atoms with Crippen molar-refractivity contribution in [3.8, 4) is 0 Å². The number of hydrogen-bond donors (Lipinski definition) is 7. The number of aliphatic hydroxyl groups is 7. The van der Waals surface area contributed by atoms with Crippen molar-refractivity contribution < 1.29 is 127 Å². The van der Waals surface area contributed by atoms with Crippen molar-refractivity contribution in [2.45, 2.75) is 93.8 Å². The Kier molecular flexibility index (Phi) is 18.9. The Hall–Kier alpha value is 1.54. The van der Waals surface area contributed by atoms with Crippen LogP contribution in [0.1, 0.15) is 13.8 Å². The van der Waals surface area contributed by atoms with Crippen LogP contribution in [0.2, 0.25) is 0 Å². The van der Waals surface area contributed by atoms with Gasteiger partial charge in [-0.05, 0) is 32.2 Å². The molecule has 0 bridgehead atoms. The summed E-state index contributed by atoms with van der Waals surface area (Å²) in [7, 11) is 0. The van der Waals surface area contributed by atoms with E-state index in [9.17, 15) is 35.7 Å². The van der Waals surface area contributed by atoms with Crippen LogP contribution >= 0.6 is 0 Å². The van der Waals surface area contributed by atoms with Gasteiger partial charge in [0.25, 0.3) is 0 Å². The number of ether oxygens (including phenoxy) is 6. The summed E-state index contributed by atoms with van der Waals surface area (Å²) in [5.41, 5.74) is 0. The molecule has 16 heteroatoms. The Bertz CT molecular complexity index is 624. The van der Waals surface area contributed by atoms with Crippen LogP contribution in [0.15, 0.2) is 0 Å². The van der Waals surface area contributed by atoms with Crippen LogP contribution in [0, 0.1) is 19.3 Å². The molecule has 3 fully saturated rings. The maximum absolute atomic E-state index is 10.8. The molecule has 218 valence electrons. The Morgan fingerprint density at radius 2 is 1.16 bits per heavy atom. The molecule has 0 spiro atoms. The minimum atomic E-state index is -1.32.